The van der Waals surface area contributed by atoms with Gasteiger partial charge >= 0.3 is 24.1 Å². The van der Waals surface area contributed by atoms with Crippen LogP contribution in [0, 0.1) is 0 Å². The maximum absolute atomic E-state index is 12.6. The summed E-state index contributed by atoms with van der Waals surface area (Å²) in [6.07, 6.45) is -9.55. The van der Waals surface area contributed by atoms with Crippen molar-refractivity contribution in [1.29, 1.82) is 0 Å². The van der Waals surface area contributed by atoms with Crippen LogP contribution in [0.5, 0.6) is 0 Å². The number of halogens is 6. The predicted molar refractivity (Wildman–Crippen MR) is 92.9 cm³/mol. The highest BCUT2D eigenvalue weighted by Crippen LogP contribution is 2.30. The van der Waals surface area contributed by atoms with Crippen LogP contribution in [0.4, 0.5) is 26.3 Å². The Morgan fingerprint density at radius 1 is 0.625 bits per heavy atom. The Morgan fingerprint density at radius 3 is 1.25 bits per heavy atom. The Hall–Kier alpha value is -4.03. The largest absolute Gasteiger partial charge is 0.471 e. The van der Waals surface area contributed by atoms with Gasteiger partial charge in [-0.15, -0.1) is 0 Å². The van der Waals surface area contributed by atoms with Gasteiger partial charge in [0.25, 0.3) is 0 Å². The number of hydrogen-bond acceptors (Lipinski definition) is 7. The molecular weight excluding hydrogens is 446 g/mol. The molecule has 32 heavy (non-hydrogen) atoms. The molecule has 0 spiro atoms. The Balaban J connectivity index is 1.51. The molecule has 0 bridgehead atoms. The van der Waals surface area contributed by atoms with Crippen LogP contribution >= 0.6 is 0 Å². The van der Waals surface area contributed by atoms with Gasteiger partial charge in [-0.3, -0.25) is 4.79 Å². The Labute approximate surface area is 173 Å². The summed E-state index contributed by atoms with van der Waals surface area (Å²) in [5.74, 6) is -4.00. The molecule has 2 heterocycles. The molecule has 0 aliphatic heterocycles. The lowest BCUT2D eigenvalue weighted by Crippen LogP contribution is -2.05. The van der Waals surface area contributed by atoms with Crippen molar-refractivity contribution in [3.63, 3.8) is 0 Å². The van der Waals surface area contributed by atoms with Crippen molar-refractivity contribution >= 4 is 5.78 Å². The molecular formula is C19H8F6N4O3. The minimum atomic E-state index is -4.77. The normalized spacial score (nSPS) is 12.2. The van der Waals surface area contributed by atoms with Crippen LogP contribution in [0.25, 0.3) is 22.8 Å². The van der Waals surface area contributed by atoms with Gasteiger partial charge in [-0.25, -0.2) is 0 Å². The smallest absolute Gasteiger partial charge is 0.329 e. The van der Waals surface area contributed by atoms with Gasteiger partial charge in [0.2, 0.25) is 11.6 Å². The second-order valence-corrected chi connectivity index (χ2v) is 6.33. The zero-order valence-corrected chi connectivity index (χ0v) is 15.4. The van der Waals surface area contributed by atoms with Gasteiger partial charge < -0.3 is 9.05 Å². The Kier molecular flexibility index (Phi) is 5.03. The number of nitrogens with zero attached hydrogens (tertiary/aromatic N) is 4. The lowest BCUT2D eigenvalue weighted by atomic mass is 10.0. The standard InChI is InChI=1S/C19H8F6N4O3/c20-18(21,22)16-26-14(28-31-16)11-5-1-9(2-6-11)13(30)10-3-7-12(8-4-10)15-27-17(32-29-15)19(23,24)25/h1-8H. The van der Waals surface area contributed by atoms with E-state index >= 15 is 0 Å². The van der Waals surface area contributed by atoms with E-state index in [1.165, 1.54) is 48.5 Å². The van der Waals surface area contributed by atoms with E-state index < -0.39 is 29.9 Å². The molecule has 0 N–H and O–H groups in total. The lowest BCUT2D eigenvalue weighted by molar-refractivity contribution is -0.160. The average Bonchev–Trinajstić information content (AvgIpc) is 3.43. The molecule has 0 amide bonds. The lowest BCUT2D eigenvalue weighted by Gasteiger charge is -2.03. The van der Waals surface area contributed by atoms with E-state index in [2.05, 4.69) is 29.3 Å². The Morgan fingerprint density at radius 2 is 0.969 bits per heavy atom. The summed E-state index contributed by atoms with van der Waals surface area (Å²) in [6.45, 7) is 0. The van der Waals surface area contributed by atoms with E-state index in [4.69, 9.17) is 0 Å². The minimum absolute atomic E-state index is 0.203. The van der Waals surface area contributed by atoms with Crippen molar-refractivity contribution < 1.29 is 40.2 Å². The first-order valence-electron chi connectivity index (χ1n) is 8.60. The van der Waals surface area contributed by atoms with Crippen molar-refractivity contribution in [3.8, 4) is 22.8 Å². The number of benzene rings is 2. The van der Waals surface area contributed by atoms with Gasteiger partial charge in [0.05, 0.1) is 0 Å². The average molecular weight is 454 g/mol. The molecule has 0 unspecified atom stereocenters. The fourth-order valence-corrected chi connectivity index (χ4v) is 2.62. The van der Waals surface area contributed by atoms with Crippen LogP contribution in [-0.4, -0.2) is 26.1 Å². The molecule has 0 saturated heterocycles. The zero-order chi connectivity index (χ0) is 23.1. The van der Waals surface area contributed by atoms with Crippen LogP contribution in [-0.2, 0) is 12.4 Å². The summed E-state index contributed by atoms with van der Waals surface area (Å²) in [5.41, 5.74) is 0.822. The van der Waals surface area contributed by atoms with Crippen LogP contribution in [0.2, 0.25) is 0 Å². The fraction of sp³-hybridized carbons (Fsp3) is 0.105. The number of aromatic nitrogens is 4. The van der Waals surface area contributed by atoms with Crippen LogP contribution < -0.4 is 0 Å². The van der Waals surface area contributed by atoms with Crippen molar-refractivity contribution in [1.82, 2.24) is 20.3 Å². The molecule has 0 radical (unpaired) electrons. The van der Waals surface area contributed by atoms with Gasteiger partial charge in [0.1, 0.15) is 0 Å². The topological polar surface area (TPSA) is 94.9 Å². The van der Waals surface area contributed by atoms with Crippen molar-refractivity contribution in [3.05, 3.63) is 71.4 Å². The second kappa shape index (κ2) is 7.59. The molecule has 4 aromatic rings. The van der Waals surface area contributed by atoms with Crippen LogP contribution in [0.1, 0.15) is 27.7 Å². The highest BCUT2D eigenvalue weighted by molar-refractivity contribution is 6.09. The molecule has 2 aromatic carbocycles. The molecule has 0 fully saturated rings. The maximum atomic E-state index is 12.6. The number of ketones is 1. The first-order chi connectivity index (χ1) is 15.0. The molecule has 0 aliphatic rings. The minimum Gasteiger partial charge on any atom is -0.329 e. The number of alkyl halides is 6. The first kappa shape index (κ1) is 21.2. The van der Waals surface area contributed by atoms with Gasteiger partial charge in [-0.1, -0.05) is 58.8 Å². The molecule has 164 valence electrons. The van der Waals surface area contributed by atoms with Gasteiger partial charge in [0, 0.05) is 22.3 Å². The van der Waals surface area contributed by atoms with Gasteiger partial charge in [-0.05, 0) is 0 Å². The van der Waals surface area contributed by atoms with E-state index in [0.717, 1.165) is 0 Å². The molecule has 0 saturated carbocycles. The Bertz CT molecular complexity index is 1160. The third kappa shape index (κ3) is 4.22. The maximum Gasteiger partial charge on any atom is 0.471 e. The van der Waals surface area contributed by atoms with E-state index in [1.54, 1.807) is 0 Å². The predicted octanol–water partition coefficient (Wildman–Crippen LogP) is 5.06. The monoisotopic (exact) mass is 454 g/mol. The number of hydrogen-bond donors (Lipinski definition) is 0. The van der Waals surface area contributed by atoms with Crippen molar-refractivity contribution in [2.45, 2.75) is 12.4 Å². The molecule has 4 rings (SSSR count). The second-order valence-electron chi connectivity index (χ2n) is 6.33. The molecule has 2 aromatic heterocycles. The summed E-state index contributed by atoms with van der Waals surface area (Å²) >= 11 is 0. The SMILES string of the molecule is O=C(c1ccc(-c2noc(C(F)(F)F)n2)cc1)c1ccc(-c2noc(C(F)(F)F)n2)cc1. The zero-order valence-electron chi connectivity index (χ0n) is 15.4. The molecule has 0 atom stereocenters. The third-order valence-electron chi connectivity index (χ3n) is 4.15. The van der Waals surface area contributed by atoms with Crippen LogP contribution in [0.3, 0.4) is 0 Å². The molecule has 0 aliphatic carbocycles. The number of carbonyl (C=O) groups is 1. The highest BCUT2D eigenvalue weighted by atomic mass is 19.4. The van der Waals surface area contributed by atoms with E-state index in [1.807, 2.05) is 0 Å². The van der Waals surface area contributed by atoms with Gasteiger partial charge in [-0.2, -0.15) is 36.3 Å². The molecule has 7 nitrogen and oxygen atoms in total. The highest BCUT2D eigenvalue weighted by Gasteiger charge is 2.39. The van der Waals surface area contributed by atoms with Crippen molar-refractivity contribution in [2.75, 3.05) is 0 Å². The van der Waals surface area contributed by atoms with E-state index in [9.17, 15) is 31.1 Å². The summed E-state index contributed by atoms with van der Waals surface area (Å²) in [7, 11) is 0. The van der Waals surface area contributed by atoms with E-state index in [0.29, 0.717) is 0 Å². The quantitative estimate of drug-likeness (QED) is 0.314. The van der Waals surface area contributed by atoms with E-state index in [-0.39, 0.29) is 33.9 Å². The summed E-state index contributed by atoms with van der Waals surface area (Å²) in [4.78, 5) is 19.1. The first-order valence-corrected chi connectivity index (χ1v) is 8.60. The summed E-state index contributed by atoms with van der Waals surface area (Å²) in [5, 5.41) is 6.52. The van der Waals surface area contributed by atoms with Crippen molar-refractivity contribution in [2.24, 2.45) is 0 Å². The fourth-order valence-electron chi connectivity index (χ4n) is 2.62. The van der Waals surface area contributed by atoms with Crippen LogP contribution in [0.15, 0.2) is 57.6 Å². The summed E-state index contributed by atoms with van der Waals surface area (Å²) < 4.78 is 83.7. The number of rotatable bonds is 4. The molecule has 13 heteroatoms. The third-order valence-corrected chi connectivity index (χ3v) is 4.15. The van der Waals surface area contributed by atoms with Gasteiger partial charge in [0.15, 0.2) is 5.78 Å². The summed E-state index contributed by atoms with van der Waals surface area (Å²) in [6, 6.07) is 10.9. The number of carbonyl (C=O) groups excluding carboxylic acids is 1.